The summed E-state index contributed by atoms with van der Waals surface area (Å²) in [4.78, 5) is 28.7. The lowest BCUT2D eigenvalue weighted by atomic mass is 10.1. The van der Waals surface area contributed by atoms with Crippen LogP contribution >= 0.6 is 0 Å². The minimum absolute atomic E-state index is 0.358. The van der Waals surface area contributed by atoms with Crippen LogP contribution in [0.4, 0.5) is 0 Å². The lowest BCUT2D eigenvalue weighted by Gasteiger charge is -2.17. The van der Waals surface area contributed by atoms with Crippen molar-refractivity contribution in [1.29, 1.82) is 0 Å². The summed E-state index contributed by atoms with van der Waals surface area (Å²) in [6.07, 6.45) is 0. The molecule has 0 radical (unpaired) electrons. The Hall–Kier alpha value is -3.25. The standard InChI is InChI=1S/C19H18N4O2/c1-12-11-15(14-9-5-6-10-16(14)21-12)19(25)23-22-17(18(20)24)13-7-3-2-4-8-13/h2-11,17,22H,1H3,(H2,20,24)(H,23,25)/t17-/m0/s1. The summed E-state index contributed by atoms with van der Waals surface area (Å²) in [5.74, 6) is -0.939. The van der Waals surface area contributed by atoms with E-state index in [0.717, 1.165) is 16.6 Å². The maximum absolute atomic E-state index is 12.6. The Morgan fingerprint density at radius 2 is 1.72 bits per heavy atom. The van der Waals surface area contributed by atoms with Crippen LogP contribution in [0.25, 0.3) is 10.9 Å². The zero-order valence-electron chi connectivity index (χ0n) is 13.7. The molecule has 0 saturated heterocycles. The summed E-state index contributed by atoms with van der Waals surface area (Å²) < 4.78 is 0. The third-order valence-electron chi connectivity index (χ3n) is 3.84. The molecule has 6 nitrogen and oxygen atoms in total. The third kappa shape index (κ3) is 3.64. The minimum atomic E-state index is -0.820. The topological polar surface area (TPSA) is 97.1 Å². The highest BCUT2D eigenvalue weighted by Crippen LogP contribution is 2.18. The summed E-state index contributed by atoms with van der Waals surface area (Å²) in [5, 5.41) is 0.739. The SMILES string of the molecule is Cc1cc(C(=O)NN[C@H](C(N)=O)c2ccccc2)c2ccccc2n1. The molecular weight excluding hydrogens is 316 g/mol. The van der Waals surface area contributed by atoms with E-state index >= 15 is 0 Å². The minimum Gasteiger partial charge on any atom is -0.368 e. The van der Waals surface area contributed by atoms with Crippen molar-refractivity contribution in [3.05, 3.63) is 77.5 Å². The monoisotopic (exact) mass is 334 g/mol. The van der Waals surface area contributed by atoms with E-state index in [1.807, 2.05) is 37.3 Å². The van der Waals surface area contributed by atoms with Gasteiger partial charge in [-0.3, -0.25) is 20.0 Å². The van der Waals surface area contributed by atoms with Crippen LogP contribution in [-0.4, -0.2) is 16.8 Å². The average Bonchev–Trinajstić information content (AvgIpc) is 2.61. The largest absolute Gasteiger partial charge is 0.368 e. The number of hydrazine groups is 1. The Morgan fingerprint density at radius 1 is 1.04 bits per heavy atom. The van der Waals surface area contributed by atoms with E-state index < -0.39 is 11.9 Å². The van der Waals surface area contributed by atoms with Crippen molar-refractivity contribution in [3.8, 4) is 0 Å². The summed E-state index contributed by atoms with van der Waals surface area (Å²) in [6.45, 7) is 1.83. The van der Waals surface area contributed by atoms with Crippen molar-refractivity contribution in [2.45, 2.75) is 13.0 Å². The Bertz CT molecular complexity index is 925. The van der Waals surface area contributed by atoms with Crippen LogP contribution in [0.3, 0.4) is 0 Å². The highest BCUT2D eigenvalue weighted by Gasteiger charge is 2.19. The van der Waals surface area contributed by atoms with E-state index in [4.69, 9.17) is 5.73 Å². The number of rotatable bonds is 5. The Labute approximate surface area is 145 Å². The molecule has 0 unspecified atom stereocenters. The van der Waals surface area contributed by atoms with Crippen molar-refractivity contribution >= 4 is 22.7 Å². The van der Waals surface area contributed by atoms with Gasteiger partial charge in [-0.25, -0.2) is 5.43 Å². The second kappa shape index (κ2) is 7.11. The second-order valence-corrected chi connectivity index (χ2v) is 5.67. The molecule has 0 aliphatic rings. The Morgan fingerprint density at radius 3 is 2.44 bits per heavy atom. The fourth-order valence-electron chi connectivity index (χ4n) is 2.66. The summed E-state index contributed by atoms with van der Waals surface area (Å²) >= 11 is 0. The zero-order chi connectivity index (χ0) is 17.8. The van der Waals surface area contributed by atoms with Gasteiger partial charge in [0.05, 0.1) is 11.1 Å². The Balaban J connectivity index is 1.84. The van der Waals surface area contributed by atoms with E-state index in [9.17, 15) is 9.59 Å². The van der Waals surface area contributed by atoms with Gasteiger partial charge in [-0.1, -0.05) is 48.5 Å². The molecule has 3 rings (SSSR count). The molecule has 3 aromatic rings. The van der Waals surface area contributed by atoms with Crippen LogP contribution in [0.2, 0.25) is 0 Å². The lowest BCUT2D eigenvalue weighted by Crippen LogP contribution is -2.45. The summed E-state index contributed by atoms with van der Waals surface area (Å²) in [7, 11) is 0. The fraction of sp³-hybridized carbons (Fsp3) is 0.105. The van der Waals surface area contributed by atoms with Gasteiger partial charge >= 0.3 is 0 Å². The van der Waals surface area contributed by atoms with Crippen LogP contribution in [0.5, 0.6) is 0 Å². The molecule has 2 amide bonds. The fourth-order valence-corrected chi connectivity index (χ4v) is 2.66. The van der Waals surface area contributed by atoms with Crippen molar-refractivity contribution in [2.24, 2.45) is 5.73 Å². The molecule has 0 saturated carbocycles. The molecule has 1 atom stereocenters. The summed E-state index contributed by atoms with van der Waals surface area (Å²) in [5.41, 5.74) is 13.4. The van der Waals surface area contributed by atoms with Gasteiger partial charge in [0.15, 0.2) is 0 Å². The molecule has 2 aromatic carbocycles. The van der Waals surface area contributed by atoms with E-state index in [0.29, 0.717) is 11.1 Å². The third-order valence-corrected chi connectivity index (χ3v) is 3.84. The van der Waals surface area contributed by atoms with Gasteiger partial charge in [0.25, 0.3) is 5.91 Å². The van der Waals surface area contributed by atoms with Gasteiger partial charge in [0, 0.05) is 11.1 Å². The first-order valence-electron chi connectivity index (χ1n) is 7.83. The molecule has 0 aliphatic carbocycles. The van der Waals surface area contributed by atoms with Gasteiger partial charge in [-0.2, -0.15) is 0 Å². The number of pyridine rings is 1. The van der Waals surface area contributed by atoms with Crippen molar-refractivity contribution in [1.82, 2.24) is 15.8 Å². The maximum Gasteiger partial charge on any atom is 0.266 e. The number of carbonyl (C=O) groups is 2. The van der Waals surface area contributed by atoms with Gasteiger partial charge < -0.3 is 5.73 Å². The lowest BCUT2D eigenvalue weighted by molar-refractivity contribution is -0.120. The van der Waals surface area contributed by atoms with Gasteiger partial charge in [0.1, 0.15) is 6.04 Å². The predicted molar refractivity (Wildman–Crippen MR) is 95.5 cm³/mol. The predicted octanol–water partition coefficient (Wildman–Crippen LogP) is 2.00. The van der Waals surface area contributed by atoms with Gasteiger partial charge in [-0.05, 0) is 24.6 Å². The molecule has 0 aliphatic heterocycles. The molecule has 1 heterocycles. The van der Waals surface area contributed by atoms with Gasteiger partial charge in [0.2, 0.25) is 5.91 Å². The number of nitrogens with two attached hydrogens (primary N) is 1. The first kappa shape index (κ1) is 16.6. The zero-order valence-corrected chi connectivity index (χ0v) is 13.7. The van der Waals surface area contributed by atoms with Crippen molar-refractivity contribution in [3.63, 3.8) is 0 Å². The summed E-state index contributed by atoms with van der Waals surface area (Å²) in [6, 6.07) is 17.3. The smallest absolute Gasteiger partial charge is 0.266 e. The molecule has 126 valence electrons. The van der Waals surface area contributed by atoms with E-state index in [1.165, 1.54) is 0 Å². The molecule has 6 heteroatoms. The number of para-hydroxylation sites is 1. The first-order chi connectivity index (χ1) is 12.1. The number of carbonyl (C=O) groups excluding carboxylic acids is 2. The van der Waals surface area contributed by atoms with E-state index in [-0.39, 0.29) is 5.91 Å². The number of benzene rings is 2. The normalized spacial score (nSPS) is 11.9. The molecule has 0 bridgehead atoms. The molecular formula is C19H18N4O2. The maximum atomic E-state index is 12.6. The molecule has 4 N–H and O–H groups in total. The number of hydrogen-bond acceptors (Lipinski definition) is 4. The number of nitrogens with zero attached hydrogens (tertiary/aromatic N) is 1. The highest BCUT2D eigenvalue weighted by atomic mass is 16.2. The second-order valence-electron chi connectivity index (χ2n) is 5.67. The quantitative estimate of drug-likeness (QED) is 0.622. The number of amides is 2. The first-order valence-corrected chi connectivity index (χ1v) is 7.83. The van der Waals surface area contributed by atoms with Crippen LogP contribution in [0, 0.1) is 6.92 Å². The van der Waals surface area contributed by atoms with Gasteiger partial charge in [-0.15, -0.1) is 0 Å². The molecule has 1 aromatic heterocycles. The highest BCUT2D eigenvalue weighted by molar-refractivity contribution is 6.06. The molecule has 0 fully saturated rings. The number of nitrogens with one attached hydrogen (secondary N) is 2. The van der Waals surface area contributed by atoms with E-state index in [1.54, 1.807) is 30.3 Å². The average molecular weight is 334 g/mol. The number of hydrogen-bond donors (Lipinski definition) is 3. The molecule has 0 spiro atoms. The van der Waals surface area contributed by atoms with Crippen LogP contribution in [0.1, 0.15) is 27.7 Å². The van der Waals surface area contributed by atoms with Crippen LogP contribution in [-0.2, 0) is 4.79 Å². The number of aryl methyl sites for hydroxylation is 1. The molecule has 25 heavy (non-hydrogen) atoms. The van der Waals surface area contributed by atoms with E-state index in [2.05, 4.69) is 15.8 Å². The Kier molecular flexibility index (Phi) is 4.72. The van der Waals surface area contributed by atoms with Crippen molar-refractivity contribution in [2.75, 3.05) is 0 Å². The number of aromatic nitrogens is 1. The van der Waals surface area contributed by atoms with Crippen molar-refractivity contribution < 1.29 is 9.59 Å². The van der Waals surface area contributed by atoms with Crippen LogP contribution in [0.15, 0.2) is 60.7 Å². The number of primary amides is 1. The number of fused-ring (bicyclic) bond motifs is 1. The van der Waals surface area contributed by atoms with Crippen LogP contribution < -0.4 is 16.6 Å².